The summed E-state index contributed by atoms with van der Waals surface area (Å²) >= 11 is 0. The molecule has 4 nitrogen and oxygen atoms in total. The van der Waals surface area contributed by atoms with Crippen LogP contribution in [-0.4, -0.2) is 27.1 Å². The minimum Gasteiger partial charge on any atom is -0.508 e. The van der Waals surface area contributed by atoms with Gasteiger partial charge in [-0.1, -0.05) is 0 Å². The van der Waals surface area contributed by atoms with Gasteiger partial charge in [-0.15, -0.1) is 0 Å². The molecule has 7 heteroatoms. The van der Waals surface area contributed by atoms with Crippen LogP contribution in [0.4, 0.5) is 13.2 Å². The smallest absolute Gasteiger partial charge is 0.435 e. The summed E-state index contributed by atoms with van der Waals surface area (Å²) in [6, 6.07) is 6.98. The SMILES string of the molecule is CC1(C)CC(n2nc(C(F)(F)F)cc2-c2ccc(O)cc2)CCO1. The minimum absolute atomic E-state index is 0.0630. The van der Waals surface area contributed by atoms with Crippen LogP contribution in [0.15, 0.2) is 30.3 Å². The lowest BCUT2D eigenvalue weighted by molar-refractivity contribution is -0.141. The van der Waals surface area contributed by atoms with Crippen LogP contribution in [0.3, 0.4) is 0 Å². The van der Waals surface area contributed by atoms with Gasteiger partial charge in [-0.3, -0.25) is 4.68 Å². The van der Waals surface area contributed by atoms with Crippen LogP contribution in [0.2, 0.25) is 0 Å². The van der Waals surface area contributed by atoms with Crippen LogP contribution in [-0.2, 0) is 10.9 Å². The number of nitrogens with zero attached hydrogens (tertiary/aromatic N) is 2. The van der Waals surface area contributed by atoms with Gasteiger partial charge in [0.15, 0.2) is 5.69 Å². The quantitative estimate of drug-likeness (QED) is 0.881. The van der Waals surface area contributed by atoms with Crippen molar-refractivity contribution >= 4 is 0 Å². The molecule has 1 aliphatic heterocycles. The second kappa shape index (κ2) is 5.81. The van der Waals surface area contributed by atoms with E-state index in [9.17, 15) is 18.3 Å². The predicted octanol–water partition coefficient (Wildman–Crippen LogP) is 4.40. The first-order valence-electron chi connectivity index (χ1n) is 7.76. The van der Waals surface area contributed by atoms with Crippen molar-refractivity contribution in [3.8, 4) is 17.0 Å². The zero-order chi connectivity index (χ0) is 17.5. The predicted molar refractivity (Wildman–Crippen MR) is 82.6 cm³/mol. The summed E-state index contributed by atoms with van der Waals surface area (Å²) in [5.41, 5.74) is -0.334. The molecule has 130 valence electrons. The van der Waals surface area contributed by atoms with Crippen molar-refractivity contribution < 1.29 is 23.0 Å². The number of benzene rings is 1. The fourth-order valence-electron chi connectivity index (χ4n) is 3.07. The molecule has 3 rings (SSSR count). The molecule has 1 atom stereocenters. The standard InChI is InChI=1S/C17H19F3N2O2/c1-16(2)10-12(7-8-24-16)22-14(9-15(21-22)17(18,19)20)11-3-5-13(23)6-4-11/h3-6,9,12,23H,7-8,10H2,1-2H3. The molecule has 0 spiro atoms. The monoisotopic (exact) mass is 340 g/mol. The minimum atomic E-state index is -4.50. The molecule has 1 saturated heterocycles. The van der Waals surface area contributed by atoms with Gasteiger partial charge in [0.25, 0.3) is 0 Å². The number of halogens is 3. The molecule has 0 amide bonds. The molecule has 0 aliphatic carbocycles. The van der Waals surface area contributed by atoms with E-state index < -0.39 is 17.5 Å². The molecule has 1 N–H and O–H groups in total. The van der Waals surface area contributed by atoms with Gasteiger partial charge in [-0.25, -0.2) is 0 Å². The topological polar surface area (TPSA) is 47.3 Å². The zero-order valence-corrected chi connectivity index (χ0v) is 13.5. The Morgan fingerprint density at radius 2 is 1.92 bits per heavy atom. The van der Waals surface area contributed by atoms with E-state index in [1.807, 2.05) is 13.8 Å². The number of hydrogen-bond acceptors (Lipinski definition) is 3. The molecule has 1 unspecified atom stereocenters. The second-order valence-corrected chi connectivity index (χ2v) is 6.66. The Hall–Kier alpha value is -2.02. The van der Waals surface area contributed by atoms with E-state index in [2.05, 4.69) is 5.10 Å². The molecule has 0 bridgehead atoms. The summed E-state index contributed by atoms with van der Waals surface area (Å²) in [6.07, 6.45) is -3.32. The number of hydrogen-bond donors (Lipinski definition) is 1. The maximum atomic E-state index is 13.1. The lowest BCUT2D eigenvalue weighted by atomic mass is 9.93. The number of aromatic hydroxyl groups is 1. The first-order valence-corrected chi connectivity index (χ1v) is 7.76. The van der Waals surface area contributed by atoms with Crippen LogP contribution < -0.4 is 0 Å². The van der Waals surface area contributed by atoms with E-state index in [1.165, 1.54) is 16.8 Å². The Bertz CT molecular complexity index is 720. The summed E-state index contributed by atoms with van der Waals surface area (Å²) in [5.74, 6) is 0.0630. The largest absolute Gasteiger partial charge is 0.508 e. The first-order chi connectivity index (χ1) is 11.2. The number of rotatable bonds is 2. The number of aromatic nitrogens is 2. The van der Waals surface area contributed by atoms with Crippen LogP contribution in [0, 0.1) is 0 Å². The van der Waals surface area contributed by atoms with E-state index >= 15 is 0 Å². The Labute approximate surface area is 137 Å². The molecule has 1 aromatic carbocycles. The Morgan fingerprint density at radius 3 is 2.50 bits per heavy atom. The molecule has 1 aromatic heterocycles. The van der Waals surface area contributed by atoms with E-state index in [4.69, 9.17) is 4.74 Å². The van der Waals surface area contributed by atoms with Gasteiger partial charge in [0, 0.05) is 12.2 Å². The van der Waals surface area contributed by atoms with Gasteiger partial charge in [-0.05, 0) is 57.0 Å². The fraction of sp³-hybridized carbons (Fsp3) is 0.471. The van der Waals surface area contributed by atoms with Crippen LogP contribution in [0.1, 0.15) is 38.4 Å². The zero-order valence-electron chi connectivity index (χ0n) is 13.5. The maximum Gasteiger partial charge on any atom is 0.435 e. The van der Waals surface area contributed by atoms with Gasteiger partial charge in [0.1, 0.15) is 5.75 Å². The van der Waals surface area contributed by atoms with Crippen molar-refractivity contribution in [2.24, 2.45) is 0 Å². The number of phenolic OH excluding ortho intramolecular Hbond substituents is 1. The van der Waals surface area contributed by atoms with E-state index in [0.717, 1.165) is 6.07 Å². The summed E-state index contributed by atoms with van der Waals surface area (Å²) in [4.78, 5) is 0. The van der Waals surface area contributed by atoms with Crippen molar-refractivity contribution in [2.45, 2.75) is 44.5 Å². The first kappa shape index (κ1) is 16.8. The number of phenols is 1. The third kappa shape index (κ3) is 3.40. The summed E-state index contributed by atoms with van der Waals surface area (Å²) in [6.45, 7) is 4.33. The molecular formula is C17H19F3N2O2. The average Bonchev–Trinajstić information content (AvgIpc) is 2.92. The lowest BCUT2D eigenvalue weighted by Gasteiger charge is -2.36. The highest BCUT2D eigenvalue weighted by Crippen LogP contribution is 2.38. The van der Waals surface area contributed by atoms with E-state index in [1.54, 1.807) is 12.1 Å². The van der Waals surface area contributed by atoms with Crippen molar-refractivity contribution in [1.82, 2.24) is 9.78 Å². The van der Waals surface area contributed by atoms with Crippen molar-refractivity contribution in [2.75, 3.05) is 6.61 Å². The highest BCUT2D eigenvalue weighted by molar-refractivity contribution is 5.61. The summed E-state index contributed by atoms with van der Waals surface area (Å²) < 4.78 is 46.5. The summed E-state index contributed by atoms with van der Waals surface area (Å²) in [5, 5.41) is 13.2. The van der Waals surface area contributed by atoms with Gasteiger partial charge in [0.2, 0.25) is 0 Å². The van der Waals surface area contributed by atoms with Gasteiger partial charge < -0.3 is 9.84 Å². The van der Waals surface area contributed by atoms with Crippen molar-refractivity contribution in [1.29, 1.82) is 0 Å². The fourth-order valence-corrected chi connectivity index (χ4v) is 3.07. The highest BCUT2D eigenvalue weighted by atomic mass is 19.4. The number of alkyl halides is 3. The van der Waals surface area contributed by atoms with Crippen LogP contribution in [0.25, 0.3) is 11.3 Å². The molecule has 1 aliphatic rings. The van der Waals surface area contributed by atoms with Crippen LogP contribution in [0.5, 0.6) is 5.75 Å². The molecular weight excluding hydrogens is 321 g/mol. The Balaban J connectivity index is 2.06. The molecule has 2 aromatic rings. The second-order valence-electron chi connectivity index (χ2n) is 6.66. The van der Waals surface area contributed by atoms with Crippen molar-refractivity contribution in [3.05, 3.63) is 36.0 Å². The number of ether oxygens (including phenoxy) is 1. The molecule has 2 heterocycles. The van der Waals surface area contributed by atoms with Gasteiger partial charge >= 0.3 is 6.18 Å². The molecule has 0 saturated carbocycles. The lowest BCUT2D eigenvalue weighted by Crippen LogP contribution is -2.35. The van der Waals surface area contributed by atoms with Gasteiger partial charge in [-0.2, -0.15) is 18.3 Å². The Morgan fingerprint density at radius 1 is 1.25 bits per heavy atom. The molecule has 1 fully saturated rings. The van der Waals surface area contributed by atoms with Crippen LogP contribution >= 0.6 is 0 Å². The van der Waals surface area contributed by atoms with E-state index in [0.29, 0.717) is 30.7 Å². The normalized spacial score (nSPS) is 21.0. The van der Waals surface area contributed by atoms with Crippen molar-refractivity contribution in [3.63, 3.8) is 0 Å². The molecule has 24 heavy (non-hydrogen) atoms. The Kier molecular flexibility index (Phi) is 4.07. The maximum absolute atomic E-state index is 13.1. The summed E-state index contributed by atoms with van der Waals surface area (Å²) in [7, 11) is 0. The van der Waals surface area contributed by atoms with Gasteiger partial charge in [0.05, 0.1) is 17.3 Å². The average molecular weight is 340 g/mol. The third-order valence-electron chi connectivity index (χ3n) is 4.21. The third-order valence-corrected chi connectivity index (χ3v) is 4.21. The highest BCUT2D eigenvalue weighted by Gasteiger charge is 2.37. The molecule has 0 radical (unpaired) electrons. The van der Waals surface area contributed by atoms with E-state index in [-0.39, 0.29) is 11.8 Å².